The predicted octanol–water partition coefficient (Wildman–Crippen LogP) is 1.09. The van der Waals surface area contributed by atoms with Gasteiger partial charge in [0.2, 0.25) is 11.8 Å². The van der Waals surface area contributed by atoms with Crippen LogP contribution in [0.2, 0.25) is 0 Å². The first-order chi connectivity index (χ1) is 19.4. The molecule has 9 N–H and O–H groups in total. The van der Waals surface area contributed by atoms with Gasteiger partial charge in [0, 0.05) is 6.42 Å². The lowest BCUT2D eigenvalue weighted by molar-refractivity contribution is -0.131. The summed E-state index contributed by atoms with van der Waals surface area (Å²) in [5, 5.41) is 66.4. The van der Waals surface area contributed by atoms with Crippen molar-refractivity contribution in [3.63, 3.8) is 0 Å². The molecule has 41 heavy (non-hydrogen) atoms. The fraction of sp³-hybridized carbons (Fsp3) is 0.276. The lowest BCUT2D eigenvalue weighted by Gasteiger charge is -2.25. The van der Waals surface area contributed by atoms with Crippen molar-refractivity contribution >= 4 is 17.6 Å². The maximum absolute atomic E-state index is 13.5. The summed E-state index contributed by atoms with van der Waals surface area (Å²) in [5.74, 6) is -3.82. The molecule has 3 aromatic rings. The molecular weight excluding hydrogens is 534 g/mol. The minimum absolute atomic E-state index is 0.000929. The van der Waals surface area contributed by atoms with E-state index in [9.17, 15) is 45.0 Å². The molecule has 0 radical (unpaired) electrons. The molecule has 3 rings (SSSR count). The number of rotatable bonds is 12. The zero-order chi connectivity index (χ0) is 30.3. The van der Waals surface area contributed by atoms with Gasteiger partial charge in [0.1, 0.15) is 6.04 Å². The van der Waals surface area contributed by atoms with E-state index in [4.69, 9.17) is 0 Å². The van der Waals surface area contributed by atoms with Crippen LogP contribution < -0.4 is 16.0 Å². The molecule has 12 heteroatoms. The summed E-state index contributed by atoms with van der Waals surface area (Å²) in [6, 6.07) is 9.03. The van der Waals surface area contributed by atoms with E-state index in [1.807, 2.05) is 0 Å². The Hall–Kier alpha value is -4.97. The van der Waals surface area contributed by atoms with Crippen LogP contribution in [0.4, 0.5) is 0 Å². The summed E-state index contributed by atoms with van der Waals surface area (Å²) in [5.41, 5.74) is 1.42. The van der Waals surface area contributed by atoms with E-state index < -0.39 is 41.5 Å². The summed E-state index contributed by atoms with van der Waals surface area (Å²) >= 11 is 0. The molecule has 0 heterocycles. The van der Waals surface area contributed by atoms with Crippen molar-refractivity contribution in [3.05, 3.63) is 71.3 Å². The molecule has 0 aromatic heterocycles. The van der Waals surface area contributed by atoms with Crippen LogP contribution in [-0.4, -0.2) is 73.4 Å². The van der Waals surface area contributed by atoms with Gasteiger partial charge in [-0.05, 0) is 79.9 Å². The molecule has 0 fully saturated rings. The number of phenolic OH excluding ortho intramolecular Hbond substituents is 6. The van der Waals surface area contributed by atoms with Crippen molar-refractivity contribution in [2.45, 2.75) is 44.3 Å². The van der Waals surface area contributed by atoms with Gasteiger partial charge in [0.25, 0.3) is 0 Å². The van der Waals surface area contributed by atoms with Crippen molar-refractivity contribution in [1.29, 1.82) is 0 Å². The summed E-state index contributed by atoms with van der Waals surface area (Å²) in [4.78, 5) is 39.1. The van der Waals surface area contributed by atoms with E-state index in [2.05, 4.69) is 16.0 Å². The smallest absolute Gasteiger partial charge is 0.243 e. The molecule has 0 aliphatic carbocycles. The number of ketones is 1. The number of hydrogen-bond donors (Lipinski definition) is 9. The van der Waals surface area contributed by atoms with E-state index in [0.29, 0.717) is 16.7 Å². The molecule has 0 spiro atoms. The number of aromatic hydroxyl groups is 6. The molecule has 218 valence electrons. The molecule has 0 saturated heterocycles. The van der Waals surface area contributed by atoms with Gasteiger partial charge >= 0.3 is 0 Å². The number of nitrogens with one attached hydrogen (secondary N) is 3. The number of Topliss-reactive ketones (excluding diaryl/α,β-unsaturated/α-hetero) is 1. The van der Waals surface area contributed by atoms with Crippen molar-refractivity contribution in [2.75, 3.05) is 7.05 Å². The Bertz CT molecular complexity index is 1430. The van der Waals surface area contributed by atoms with E-state index in [0.717, 1.165) is 0 Å². The average molecular weight is 568 g/mol. The number of amides is 2. The molecule has 2 amide bonds. The van der Waals surface area contributed by atoms with Crippen LogP contribution in [0.5, 0.6) is 34.5 Å². The number of carbonyl (C=O) groups is 3. The normalized spacial score (nSPS) is 13.1. The second-order valence-corrected chi connectivity index (χ2v) is 9.66. The number of phenols is 6. The van der Waals surface area contributed by atoms with E-state index in [1.165, 1.54) is 68.6 Å². The van der Waals surface area contributed by atoms with Crippen molar-refractivity contribution in [3.8, 4) is 34.5 Å². The minimum atomic E-state index is -1.22. The van der Waals surface area contributed by atoms with Crippen LogP contribution in [0.15, 0.2) is 54.6 Å². The topological polar surface area (TPSA) is 209 Å². The Morgan fingerprint density at radius 3 is 1.27 bits per heavy atom. The second-order valence-electron chi connectivity index (χ2n) is 9.66. The second kappa shape index (κ2) is 13.4. The minimum Gasteiger partial charge on any atom is -0.504 e. The number of hydrogen-bond acceptors (Lipinski definition) is 10. The predicted molar refractivity (Wildman–Crippen MR) is 148 cm³/mol. The van der Waals surface area contributed by atoms with Crippen LogP contribution in [-0.2, 0) is 33.6 Å². The van der Waals surface area contributed by atoms with Crippen LogP contribution >= 0.6 is 0 Å². The third kappa shape index (κ3) is 8.26. The van der Waals surface area contributed by atoms with Gasteiger partial charge < -0.3 is 46.6 Å². The Balaban J connectivity index is 1.83. The Labute approximate surface area is 235 Å². The molecule has 3 aromatic carbocycles. The highest BCUT2D eigenvalue weighted by Crippen LogP contribution is 2.27. The molecule has 12 nitrogen and oxygen atoms in total. The fourth-order valence-corrected chi connectivity index (χ4v) is 4.17. The molecular formula is C29H33N3O9. The van der Waals surface area contributed by atoms with E-state index in [1.54, 1.807) is 0 Å². The van der Waals surface area contributed by atoms with E-state index in [-0.39, 0.29) is 48.0 Å². The quantitative estimate of drug-likeness (QED) is 0.142. The Morgan fingerprint density at radius 1 is 0.561 bits per heavy atom. The molecule has 3 atom stereocenters. The molecule has 0 bridgehead atoms. The number of benzene rings is 3. The highest BCUT2D eigenvalue weighted by Gasteiger charge is 2.28. The van der Waals surface area contributed by atoms with Crippen molar-refractivity contribution < 1.29 is 45.0 Å². The standard InChI is InChI=1S/C29H33N3O9/c1-15(33)19(9-16-3-6-22(34)25(37)12-16)31-29(41)21(11-18-5-8-24(36)27(39)14-18)32-28(40)20(30-2)10-17-4-7-23(35)26(38)13-17/h3-8,12-14,19-21,30,34-39H,9-11H2,1-2H3,(H,31,41)(H,32,40). The molecule has 0 aliphatic rings. The van der Waals surface area contributed by atoms with Crippen LogP contribution in [0, 0.1) is 0 Å². The fourth-order valence-electron chi connectivity index (χ4n) is 4.17. The monoisotopic (exact) mass is 567 g/mol. The van der Waals surface area contributed by atoms with Crippen molar-refractivity contribution in [2.24, 2.45) is 0 Å². The Kier molecular flexibility index (Phi) is 9.99. The third-order valence-electron chi connectivity index (χ3n) is 6.54. The lowest BCUT2D eigenvalue weighted by Crippen LogP contribution is -2.56. The lowest BCUT2D eigenvalue weighted by atomic mass is 9.99. The first-order valence-corrected chi connectivity index (χ1v) is 12.7. The maximum atomic E-state index is 13.5. The van der Waals surface area contributed by atoms with E-state index >= 15 is 0 Å². The van der Waals surface area contributed by atoms with Gasteiger partial charge in [-0.2, -0.15) is 0 Å². The highest BCUT2D eigenvalue weighted by atomic mass is 16.3. The average Bonchev–Trinajstić information content (AvgIpc) is 2.92. The maximum Gasteiger partial charge on any atom is 0.243 e. The van der Waals surface area contributed by atoms with Crippen LogP contribution in [0.1, 0.15) is 23.6 Å². The van der Waals surface area contributed by atoms with Gasteiger partial charge in [0.15, 0.2) is 40.3 Å². The zero-order valence-electron chi connectivity index (χ0n) is 22.5. The van der Waals surface area contributed by atoms with Crippen LogP contribution in [0.3, 0.4) is 0 Å². The van der Waals surface area contributed by atoms with Gasteiger partial charge in [-0.1, -0.05) is 18.2 Å². The Morgan fingerprint density at radius 2 is 0.902 bits per heavy atom. The SMILES string of the molecule is CNC(Cc1ccc(O)c(O)c1)C(=O)NC(Cc1ccc(O)c(O)c1)C(=O)NC(Cc1ccc(O)c(O)c1)C(C)=O. The highest BCUT2D eigenvalue weighted by molar-refractivity contribution is 5.93. The summed E-state index contributed by atoms with van der Waals surface area (Å²) in [7, 11) is 1.54. The van der Waals surface area contributed by atoms with Crippen LogP contribution in [0.25, 0.3) is 0 Å². The zero-order valence-corrected chi connectivity index (χ0v) is 22.5. The summed E-state index contributed by atoms with van der Waals surface area (Å²) in [6.45, 7) is 1.28. The molecule has 3 unspecified atom stereocenters. The number of carbonyl (C=O) groups excluding carboxylic acids is 3. The summed E-state index contributed by atoms with van der Waals surface area (Å²) in [6.07, 6.45) is -0.00351. The third-order valence-corrected chi connectivity index (χ3v) is 6.54. The number of likely N-dealkylation sites (N-methyl/N-ethyl adjacent to an activating group) is 1. The largest absolute Gasteiger partial charge is 0.504 e. The van der Waals surface area contributed by atoms with Gasteiger partial charge in [-0.15, -0.1) is 0 Å². The first-order valence-electron chi connectivity index (χ1n) is 12.7. The molecule has 0 aliphatic heterocycles. The van der Waals surface area contributed by atoms with Gasteiger partial charge in [0.05, 0.1) is 12.1 Å². The van der Waals surface area contributed by atoms with Crippen molar-refractivity contribution in [1.82, 2.24) is 16.0 Å². The van der Waals surface area contributed by atoms with Gasteiger partial charge in [-0.3, -0.25) is 14.4 Å². The molecule has 0 saturated carbocycles. The van der Waals surface area contributed by atoms with Gasteiger partial charge in [-0.25, -0.2) is 0 Å². The first kappa shape index (κ1) is 30.6. The summed E-state index contributed by atoms with van der Waals surface area (Å²) < 4.78 is 0.